The number of aliphatic carboxylic acids is 1. The molecule has 1 aromatic heterocycles. The summed E-state index contributed by atoms with van der Waals surface area (Å²) in [5.74, 6) is -1.38. The second-order valence-corrected chi connectivity index (χ2v) is 4.54. The first-order valence-electron chi connectivity index (χ1n) is 4.98. The van der Waals surface area contributed by atoms with E-state index in [-0.39, 0.29) is 18.9 Å². The number of nitrogens with zero attached hydrogens (tertiary/aromatic N) is 1. The van der Waals surface area contributed by atoms with Gasteiger partial charge in [0.15, 0.2) is 0 Å². The molecule has 88 valence electrons. The second-order valence-electron chi connectivity index (χ2n) is 3.42. The standard InChI is InChI=1S/C11H10N2O3S/c14-9(12-6-11(15)16)5-10-13-7-3-1-2-4-8(7)17-10/h1-4H,5-6H2,(H,12,14)(H,15,16). The highest BCUT2D eigenvalue weighted by Crippen LogP contribution is 2.21. The molecule has 2 rings (SSSR count). The monoisotopic (exact) mass is 250 g/mol. The maximum atomic E-state index is 11.4. The molecule has 0 spiro atoms. The molecule has 2 N–H and O–H groups in total. The maximum absolute atomic E-state index is 11.4. The number of amides is 1. The molecular formula is C11H10N2O3S. The molecule has 0 aliphatic carbocycles. The average Bonchev–Trinajstić information content (AvgIpc) is 2.68. The van der Waals surface area contributed by atoms with Gasteiger partial charge < -0.3 is 10.4 Å². The lowest BCUT2D eigenvalue weighted by molar-refractivity contribution is -0.137. The number of rotatable bonds is 4. The van der Waals surface area contributed by atoms with Gasteiger partial charge in [0, 0.05) is 0 Å². The van der Waals surface area contributed by atoms with E-state index in [4.69, 9.17) is 5.11 Å². The first-order chi connectivity index (χ1) is 8.15. The van der Waals surface area contributed by atoms with E-state index >= 15 is 0 Å². The molecule has 0 unspecified atom stereocenters. The summed E-state index contributed by atoms with van der Waals surface area (Å²) in [7, 11) is 0. The van der Waals surface area contributed by atoms with Crippen LogP contribution in [0.3, 0.4) is 0 Å². The molecule has 0 atom stereocenters. The van der Waals surface area contributed by atoms with E-state index in [2.05, 4.69) is 10.3 Å². The summed E-state index contributed by atoms with van der Waals surface area (Å²) in [6, 6.07) is 7.61. The van der Waals surface area contributed by atoms with E-state index in [0.29, 0.717) is 5.01 Å². The van der Waals surface area contributed by atoms with Gasteiger partial charge in [-0.15, -0.1) is 11.3 Å². The third-order valence-electron chi connectivity index (χ3n) is 2.09. The third-order valence-corrected chi connectivity index (χ3v) is 3.12. The van der Waals surface area contributed by atoms with Gasteiger partial charge >= 0.3 is 5.97 Å². The summed E-state index contributed by atoms with van der Waals surface area (Å²) >= 11 is 1.44. The fourth-order valence-corrected chi connectivity index (χ4v) is 2.34. The average molecular weight is 250 g/mol. The molecule has 0 saturated carbocycles. The van der Waals surface area contributed by atoms with Gasteiger partial charge in [0.05, 0.1) is 16.6 Å². The Morgan fingerprint density at radius 2 is 2.12 bits per heavy atom. The van der Waals surface area contributed by atoms with Crippen LogP contribution in [0.2, 0.25) is 0 Å². The summed E-state index contributed by atoms with van der Waals surface area (Å²) in [5.41, 5.74) is 0.860. The Bertz CT molecular complexity index is 532. The lowest BCUT2D eigenvalue weighted by Gasteiger charge is -1.98. The fourth-order valence-electron chi connectivity index (χ4n) is 1.37. The van der Waals surface area contributed by atoms with Crippen LogP contribution in [0.5, 0.6) is 0 Å². The number of carbonyl (C=O) groups excluding carboxylic acids is 1. The number of hydrogen-bond acceptors (Lipinski definition) is 4. The molecule has 2 aromatic rings. The molecule has 0 aliphatic heterocycles. The first kappa shape index (κ1) is 11.5. The van der Waals surface area contributed by atoms with Crippen LogP contribution < -0.4 is 5.32 Å². The largest absolute Gasteiger partial charge is 0.480 e. The molecule has 17 heavy (non-hydrogen) atoms. The van der Waals surface area contributed by atoms with Gasteiger partial charge in [-0.3, -0.25) is 9.59 Å². The van der Waals surface area contributed by atoms with Crippen molar-refractivity contribution in [3.05, 3.63) is 29.3 Å². The predicted molar refractivity (Wildman–Crippen MR) is 64.0 cm³/mol. The van der Waals surface area contributed by atoms with Gasteiger partial charge in [-0.2, -0.15) is 0 Å². The number of nitrogens with one attached hydrogen (secondary N) is 1. The molecule has 1 heterocycles. The first-order valence-corrected chi connectivity index (χ1v) is 5.80. The van der Waals surface area contributed by atoms with Crippen LogP contribution in [0.15, 0.2) is 24.3 Å². The van der Waals surface area contributed by atoms with Crippen molar-refractivity contribution >= 4 is 33.4 Å². The molecule has 5 nitrogen and oxygen atoms in total. The molecule has 0 saturated heterocycles. The lowest BCUT2D eigenvalue weighted by atomic mass is 10.3. The number of benzene rings is 1. The molecule has 1 aromatic carbocycles. The van der Waals surface area contributed by atoms with Crippen molar-refractivity contribution in [2.45, 2.75) is 6.42 Å². The number of carboxylic acids is 1. The second kappa shape index (κ2) is 4.92. The molecule has 0 bridgehead atoms. The minimum atomic E-state index is -1.05. The minimum Gasteiger partial charge on any atom is -0.480 e. The Hall–Kier alpha value is -1.95. The highest BCUT2D eigenvalue weighted by Gasteiger charge is 2.09. The summed E-state index contributed by atoms with van der Waals surface area (Å²) in [6.07, 6.45) is 0.118. The highest BCUT2D eigenvalue weighted by molar-refractivity contribution is 7.18. The van der Waals surface area contributed by atoms with Crippen molar-refractivity contribution < 1.29 is 14.7 Å². The zero-order valence-electron chi connectivity index (χ0n) is 8.84. The summed E-state index contributed by atoms with van der Waals surface area (Å²) in [5, 5.41) is 11.4. The number of hydrogen-bond donors (Lipinski definition) is 2. The Morgan fingerprint density at radius 1 is 1.35 bits per heavy atom. The van der Waals surface area contributed by atoms with E-state index in [1.54, 1.807) is 0 Å². The molecule has 0 radical (unpaired) electrons. The zero-order valence-corrected chi connectivity index (χ0v) is 9.66. The SMILES string of the molecule is O=C(O)CNC(=O)Cc1nc2ccccc2s1. The van der Waals surface area contributed by atoms with Gasteiger partial charge in [-0.05, 0) is 12.1 Å². The number of fused-ring (bicyclic) bond motifs is 1. The molecule has 6 heteroatoms. The van der Waals surface area contributed by atoms with Gasteiger partial charge in [-0.1, -0.05) is 12.1 Å². The van der Waals surface area contributed by atoms with Crippen molar-refractivity contribution in [3.8, 4) is 0 Å². The number of para-hydroxylation sites is 1. The quantitative estimate of drug-likeness (QED) is 0.849. The fraction of sp³-hybridized carbons (Fsp3) is 0.182. The Morgan fingerprint density at radius 3 is 2.82 bits per heavy atom. The number of carboxylic acid groups (broad SMARTS) is 1. The third kappa shape index (κ3) is 3.01. The van der Waals surface area contributed by atoms with Gasteiger partial charge in [0.2, 0.25) is 5.91 Å². The van der Waals surface area contributed by atoms with Gasteiger partial charge in [0.25, 0.3) is 0 Å². The van der Waals surface area contributed by atoms with Crippen LogP contribution in [-0.2, 0) is 16.0 Å². The smallest absolute Gasteiger partial charge is 0.322 e. The summed E-state index contributed by atoms with van der Waals surface area (Å²) < 4.78 is 1.02. The lowest BCUT2D eigenvalue weighted by Crippen LogP contribution is -2.30. The van der Waals surface area contributed by atoms with Crippen molar-refractivity contribution in [3.63, 3.8) is 0 Å². The van der Waals surface area contributed by atoms with E-state index in [1.807, 2.05) is 24.3 Å². The molecule has 0 aliphatic rings. The van der Waals surface area contributed by atoms with Crippen molar-refractivity contribution in [2.24, 2.45) is 0 Å². The summed E-state index contributed by atoms with van der Waals surface area (Å²) in [6.45, 7) is -0.357. The van der Waals surface area contributed by atoms with E-state index in [0.717, 1.165) is 10.2 Å². The highest BCUT2D eigenvalue weighted by atomic mass is 32.1. The molecule has 0 fully saturated rings. The van der Waals surface area contributed by atoms with Crippen molar-refractivity contribution in [1.82, 2.24) is 10.3 Å². The molecular weight excluding hydrogens is 240 g/mol. The van der Waals surface area contributed by atoms with E-state index in [9.17, 15) is 9.59 Å². The zero-order chi connectivity index (χ0) is 12.3. The topological polar surface area (TPSA) is 79.3 Å². The van der Waals surface area contributed by atoms with Crippen molar-refractivity contribution in [1.29, 1.82) is 0 Å². The van der Waals surface area contributed by atoms with Gasteiger partial charge in [-0.25, -0.2) is 4.98 Å². The maximum Gasteiger partial charge on any atom is 0.322 e. The van der Waals surface area contributed by atoms with Crippen molar-refractivity contribution in [2.75, 3.05) is 6.54 Å². The minimum absolute atomic E-state index is 0.118. The number of carbonyl (C=O) groups is 2. The van der Waals surface area contributed by atoms with E-state index in [1.165, 1.54) is 11.3 Å². The van der Waals surface area contributed by atoms with E-state index < -0.39 is 5.97 Å². The summed E-state index contributed by atoms with van der Waals surface area (Å²) in [4.78, 5) is 25.9. The van der Waals surface area contributed by atoms with Crippen LogP contribution in [0.4, 0.5) is 0 Å². The van der Waals surface area contributed by atoms with Crippen LogP contribution in [0, 0.1) is 0 Å². The predicted octanol–water partition coefficient (Wildman–Crippen LogP) is 1.04. The number of thiazole rings is 1. The Labute approximate surface area is 101 Å². The molecule has 1 amide bonds. The Balaban J connectivity index is 2.03. The number of aromatic nitrogens is 1. The van der Waals surface area contributed by atoms with Gasteiger partial charge in [0.1, 0.15) is 11.6 Å². The normalized spacial score (nSPS) is 10.4. The van der Waals surface area contributed by atoms with Crippen LogP contribution >= 0.6 is 11.3 Å². The van der Waals surface area contributed by atoms with Crippen LogP contribution in [0.25, 0.3) is 10.2 Å². The van der Waals surface area contributed by atoms with Crippen LogP contribution in [0.1, 0.15) is 5.01 Å². The Kier molecular flexibility index (Phi) is 3.34. The van der Waals surface area contributed by atoms with Crippen LogP contribution in [-0.4, -0.2) is 28.5 Å².